The van der Waals surface area contributed by atoms with Crippen LogP contribution in [0.3, 0.4) is 0 Å². The molecule has 0 aliphatic rings. The van der Waals surface area contributed by atoms with Gasteiger partial charge in [-0.15, -0.1) is 0 Å². The summed E-state index contributed by atoms with van der Waals surface area (Å²) in [5.74, 6) is -1.01. The molecule has 3 N–H and O–H groups in total. The average Bonchev–Trinajstić information content (AvgIpc) is 3.14. The van der Waals surface area contributed by atoms with E-state index in [1.54, 1.807) is 6.08 Å². The van der Waals surface area contributed by atoms with Crippen LogP contribution in [-0.2, 0) is 14.9 Å². The van der Waals surface area contributed by atoms with E-state index in [2.05, 4.69) is 55.6 Å². The highest BCUT2D eigenvalue weighted by Crippen LogP contribution is 2.14. The van der Waals surface area contributed by atoms with Crippen LogP contribution in [0.2, 0.25) is 0 Å². The monoisotopic (exact) mass is 778 g/mol. The number of rotatable bonds is 41. The van der Waals surface area contributed by atoms with Crippen LogP contribution in [-0.4, -0.2) is 41.9 Å². The minimum atomic E-state index is -4.36. The minimum Gasteiger partial charge on any atom is -0.387 e. The molecule has 0 rings (SSSR count). The predicted molar refractivity (Wildman–Crippen MR) is 235 cm³/mol. The van der Waals surface area contributed by atoms with Crippen LogP contribution < -0.4 is 5.32 Å². The molecule has 0 aliphatic heterocycles. The van der Waals surface area contributed by atoms with Gasteiger partial charge in [-0.25, -0.2) is 0 Å². The normalized spacial score (nSPS) is 13.6. The van der Waals surface area contributed by atoms with Crippen molar-refractivity contribution in [3.63, 3.8) is 0 Å². The predicted octanol–water partition coefficient (Wildman–Crippen LogP) is 13.9. The smallest absolute Gasteiger partial charge is 0.267 e. The van der Waals surface area contributed by atoms with Crippen molar-refractivity contribution < 1.29 is 22.9 Å². The summed E-state index contributed by atoms with van der Waals surface area (Å²) >= 11 is 0. The zero-order valence-corrected chi connectivity index (χ0v) is 36.2. The Morgan fingerprint density at radius 2 is 0.796 bits per heavy atom. The molecule has 54 heavy (non-hydrogen) atoms. The third-order valence-electron chi connectivity index (χ3n) is 10.2. The molecule has 0 aromatic rings. The number of allylic oxidation sites excluding steroid dienone is 7. The number of aliphatic hydroxyl groups is 1. The van der Waals surface area contributed by atoms with E-state index in [1.807, 2.05) is 0 Å². The lowest BCUT2D eigenvalue weighted by Crippen LogP contribution is -2.46. The molecule has 0 heterocycles. The van der Waals surface area contributed by atoms with E-state index in [0.717, 1.165) is 38.5 Å². The molecule has 2 unspecified atom stereocenters. The van der Waals surface area contributed by atoms with Crippen LogP contribution in [0.1, 0.15) is 226 Å². The maximum atomic E-state index is 12.5. The Morgan fingerprint density at radius 3 is 1.17 bits per heavy atom. The summed E-state index contributed by atoms with van der Waals surface area (Å²) in [6.45, 7) is 4.53. The maximum Gasteiger partial charge on any atom is 0.267 e. The number of unbranched alkanes of at least 4 members (excludes halogenated alkanes) is 27. The summed E-state index contributed by atoms with van der Waals surface area (Å²) < 4.78 is 32.6. The third kappa shape index (κ3) is 41.5. The van der Waals surface area contributed by atoms with Crippen LogP contribution in [0.4, 0.5) is 0 Å². The molecule has 0 aromatic carbocycles. The Morgan fingerprint density at radius 1 is 0.481 bits per heavy atom. The molecule has 0 radical (unpaired) electrons. The van der Waals surface area contributed by atoms with Crippen molar-refractivity contribution in [3.8, 4) is 0 Å². The van der Waals surface area contributed by atoms with Gasteiger partial charge in [-0.3, -0.25) is 9.35 Å². The van der Waals surface area contributed by atoms with Gasteiger partial charge in [0.15, 0.2) is 0 Å². The molecule has 0 saturated heterocycles. The number of nitrogens with one attached hydrogen (secondary N) is 1. The molecule has 0 saturated carbocycles. The molecule has 0 bridgehead atoms. The fraction of sp³-hybridized carbons (Fsp3) is 0.809. The zero-order chi connectivity index (χ0) is 39.6. The highest BCUT2D eigenvalue weighted by Gasteiger charge is 2.24. The van der Waals surface area contributed by atoms with E-state index >= 15 is 0 Å². The van der Waals surface area contributed by atoms with Gasteiger partial charge in [-0.2, -0.15) is 8.42 Å². The lowest BCUT2D eigenvalue weighted by atomic mass is 10.0. The SMILES string of the molecule is CCCCCCCC/C=C\CCCCCCCCCCCC(=O)NC(CS(=O)(=O)O)C(O)/C=C/CC/C=C/CC/C=C/CCCCCCCCCCCC. The Labute approximate surface area is 335 Å². The molecule has 7 heteroatoms. The summed E-state index contributed by atoms with van der Waals surface area (Å²) in [4.78, 5) is 12.5. The summed E-state index contributed by atoms with van der Waals surface area (Å²) in [7, 11) is -4.36. The van der Waals surface area contributed by atoms with Crippen molar-refractivity contribution in [2.75, 3.05) is 5.75 Å². The molecular formula is C47H87NO5S. The van der Waals surface area contributed by atoms with Crippen LogP contribution in [0.5, 0.6) is 0 Å². The van der Waals surface area contributed by atoms with Crippen LogP contribution in [0.25, 0.3) is 0 Å². The van der Waals surface area contributed by atoms with Crippen LogP contribution in [0, 0.1) is 0 Å². The van der Waals surface area contributed by atoms with Gasteiger partial charge in [0, 0.05) is 6.42 Å². The molecule has 2 atom stereocenters. The van der Waals surface area contributed by atoms with Crippen molar-refractivity contribution in [1.82, 2.24) is 5.32 Å². The number of amides is 1. The van der Waals surface area contributed by atoms with E-state index in [-0.39, 0.29) is 12.3 Å². The number of aliphatic hydroxyl groups excluding tert-OH is 1. The van der Waals surface area contributed by atoms with E-state index in [9.17, 15) is 22.9 Å². The first kappa shape index (κ1) is 52.3. The number of carbonyl (C=O) groups is 1. The van der Waals surface area contributed by atoms with Crippen molar-refractivity contribution in [3.05, 3.63) is 48.6 Å². The molecule has 6 nitrogen and oxygen atoms in total. The molecule has 0 aromatic heterocycles. The van der Waals surface area contributed by atoms with Crippen molar-refractivity contribution >= 4 is 16.0 Å². The first-order valence-corrected chi connectivity index (χ1v) is 24.4. The minimum absolute atomic E-state index is 0.282. The largest absolute Gasteiger partial charge is 0.387 e. The van der Waals surface area contributed by atoms with Crippen molar-refractivity contribution in [1.29, 1.82) is 0 Å². The second-order valence-corrected chi connectivity index (χ2v) is 17.2. The van der Waals surface area contributed by atoms with Gasteiger partial charge in [-0.1, -0.05) is 197 Å². The Kier molecular flexibility index (Phi) is 39.7. The Balaban J connectivity index is 3.94. The Bertz CT molecular complexity index is 1030. The molecule has 1 amide bonds. The molecule has 0 spiro atoms. The lowest BCUT2D eigenvalue weighted by Gasteiger charge is -2.21. The molecule has 316 valence electrons. The number of carbonyl (C=O) groups excluding carboxylic acids is 1. The highest BCUT2D eigenvalue weighted by atomic mass is 32.2. The summed E-state index contributed by atoms with van der Waals surface area (Å²) in [6.07, 6.45) is 55.3. The quantitative estimate of drug-likeness (QED) is 0.0326. The number of hydrogen-bond acceptors (Lipinski definition) is 4. The van der Waals surface area contributed by atoms with Gasteiger partial charge in [0.05, 0.1) is 17.9 Å². The standard InChI is InChI=1S/C47H87NO5S/c1-3-5-7-9-11-13-15-17-19-21-23-25-26-28-30-32-34-36-38-40-42-46(49)45(44-54(51,52)53)48-47(50)43-41-39-37-35-33-31-29-27-24-22-20-18-16-14-12-10-8-6-4-2/h18,20,25-26,32,34,40,42,45-46,49H,3-17,19,21-24,27-31,33,35-39,41,43-44H2,1-2H3,(H,48,50)(H,51,52,53)/b20-18-,26-25+,34-32+,42-40+. The molecule has 0 fully saturated rings. The summed E-state index contributed by atoms with van der Waals surface area (Å²) in [5, 5.41) is 13.2. The van der Waals surface area contributed by atoms with Crippen molar-refractivity contribution in [2.24, 2.45) is 0 Å². The fourth-order valence-corrected chi connectivity index (χ4v) is 7.50. The first-order chi connectivity index (χ1) is 26.3. The number of hydrogen-bond donors (Lipinski definition) is 3. The fourth-order valence-electron chi connectivity index (χ4n) is 6.77. The topological polar surface area (TPSA) is 104 Å². The van der Waals surface area contributed by atoms with Crippen LogP contribution >= 0.6 is 0 Å². The maximum absolute atomic E-state index is 12.5. The van der Waals surface area contributed by atoms with Gasteiger partial charge in [0.1, 0.15) is 0 Å². The second-order valence-electron chi connectivity index (χ2n) is 15.7. The van der Waals surface area contributed by atoms with Crippen molar-refractivity contribution in [2.45, 2.75) is 238 Å². The Hall–Kier alpha value is -1.70. The van der Waals surface area contributed by atoms with Gasteiger partial charge in [-0.05, 0) is 70.6 Å². The van der Waals surface area contributed by atoms with E-state index in [1.165, 1.54) is 167 Å². The van der Waals surface area contributed by atoms with E-state index in [0.29, 0.717) is 6.42 Å². The van der Waals surface area contributed by atoms with Gasteiger partial charge >= 0.3 is 0 Å². The third-order valence-corrected chi connectivity index (χ3v) is 11.0. The van der Waals surface area contributed by atoms with Gasteiger partial charge in [0.2, 0.25) is 5.91 Å². The molecule has 0 aliphatic carbocycles. The highest BCUT2D eigenvalue weighted by molar-refractivity contribution is 7.85. The first-order valence-electron chi connectivity index (χ1n) is 22.8. The summed E-state index contributed by atoms with van der Waals surface area (Å²) in [6, 6.07) is -1.08. The summed E-state index contributed by atoms with van der Waals surface area (Å²) in [5.41, 5.74) is 0. The van der Waals surface area contributed by atoms with Gasteiger partial charge < -0.3 is 10.4 Å². The van der Waals surface area contributed by atoms with E-state index in [4.69, 9.17) is 0 Å². The average molecular weight is 778 g/mol. The zero-order valence-electron chi connectivity index (χ0n) is 35.3. The van der Waals surface area contributed by atoms with E-state index < -0.39 is 28.0 Å². The second kappa shape index (κ2) is 40.9. The lowest BCUT2D eigenvalue weighted by molar-refractivity contribution is -0.122. The molecular weight excluding hydrogens is 691 g/mol. The van der Waals surface area contributed by atoms with Gasteiger partial charge in [0.25, 0.3) is 10.1 Å². The van der Waals surface area contributed by atoms with Crippen LogP contribution in [0.15, 0.2) is 48.6 Å².